The van der Waals surface area contributed by atoms with E-state index < -0.39 is 18.8 Å². The SMILES string of the molecule is CCC(C)(C)C(=O)OCCOC(=O)NCC[P+](c1ccccc1)(c1ccccc1)c1ccccc1. The highest BCUT2D eigenvalue weighted by molar-refractivity contribution is 7.95. The maximum Gasteiger partial charge on any atom is 0.407 e. The van der Waals surface area contributed by atoms with Crippen molar-refractivity contribution in [2.24, 2.45) is 5.41 Å². The third-order valence-electron chi connectivity index (χ3n) is 6.29. The third-order valence-corrected chi connectivity index (χ3v) is 10.7. The molecule has 3 aromatic carbocycles. The zero-order chi connectivity index (χ0) is 25.2. The number of rotatable bonds is 11. The molecule has 0 saturated carbocycles. The van der Waals surface area contributed by atoms with Gasteiger partial charge in [-0.1, -0.05) is 61.5 Å². The summed E-state index contributed by atoms with van der Waals surface area (Å²) in [5.74, 6) is -0.285. The van der Waals surface area contributed by atoms with Crippen LogP contribution in [0.5, 0.6) is 0 Å². The number of nitrogens with one attached hydrogen (secondary N) is 1. The lowest BCUT2D eigenvalue weighted by atomic mass is 9.91. The Morgan fingerprint density at radius 2 is 1.17 bits per heavy atom. The predicted octanol–water partition coefficient (Wildman–Crippen LogP) is 4.69. The van der Waals surface area contributed by atoms with E-state index in [0.717, 1.165) is 6.16 Å². The first-order chi connectivity index (χ1) is 16.9. The van der Waals surface area contributed by atoms with E-state index in [1.54, 1.807) is 0 Å². The number of hydrogen-bond donors (Lipinski definition) is 1. The van der Waals surface area contributed by atoms with E-state index >= 15 is 0 Å². The molecule has 3 aromatic rings. The van der Waals surface area contributed by atoms with Crippen molar-refractivity contribution in [2.45, 2.75) is 27.2 Å². The molecule has 0 spiro atoms. The average Bonchev–Trinajstić information content (AvgIpc) is 2.90. The van der Waals surface area contributed by atoms with Crippen molar-refractivity contribution in [3.63, 3.8) is 0 Å². The van der Waals surface area contributed by atoms with Crippen molar-refractivity contribution in [1.82, 2.24) is 5.32 Å². The maximum atomic E-state index is 12.4. The van der Waals surface area contributed by atoms with Gasteiger partial charge in [0.05, 0.1) is 18.1 Å². The highest BCUT2D eigenvalue weighted by Gasteiger charge is 2.44. The molecule has 0 aliphatic heterocycles. The van der Waals surface area contributed by atoms with Crippen LogP contribution in [0.25, 0.3) is 0 Å². The van der Waals surface area contributed by atoms with E-state index in [9.17, 15) is 9.59 Å². The summed E-state index contributed by atoms with van der Waals surface area (Å²) in [4.78, 5) is 24.4. The van der Waals surface area contributed by atoms with Gasteiger partial charge in [-0.3, -0.25) is 4.79 Å². The number of ether oxygens (including phenoxy) is 2. The van der Waals surface area contributed by atoms with Crippen LogP contribution < -0.4 is 21.2 Å². The summed E-state index contributed by atoms with van der Waals surface area (Å²) in [5.41, 5.74) is -0.540. The van der Waals surface area contributed by atoms with Crippen LogP contribution in [0.1, 0.15) is 27.2 Å². The lowest BCUT2D eigenvalue weighted by molar-refractivity contribution is -0.155. The minimum absolute atomic E-state index is 0.0215. The van der Waals surface area contributed by atoms with Gasteiger partial charge in [0, 0.05) is 0 Å². The second-order valence-corrected chi connectivity index (χ2v) is 12.6. The molecule has 3 rings (SSSR count). The third kappa shape index (κ3) is 6.70. The minimum Gasteiger partial charge on any atom is -0.462 e. The second kappa shape index (κ2) is 12.5. The fourth-order valence-electron chi connectivity index (χ4n) is 3.87. The van der Waals surface area contributed by atoms with E-state index in [4.69, 9.17) is 9.47 Å². The highest BCUT2D eigenvalue weighted by Crippen LogP contribution is 2.54. The molecule has 0 aromatic heterocycles. The van der Waals surface area contributed by atoms with Gasteiger partial charge in [0.25, 0.3) is 0 Å². The summed E-state index contributed by atoms with van der Waals surface area (Å²) in [6, 6.07) is 31.6. The van der Waals surface area contributed by atoms with Crippen molar-refractivity contribution in [2.75, 3.05) is 25.9 Å². The summed E-state index contributed by atoms with van der Waals surface area (Å²) < 4.78 is 10.5. The number of benzene rings is 3. The molecule has 0 bridgehead atoms. The maximum absolute atomic E-state index is 12.4. The largest absolute Gasteiger partial charge is 0.462 e. The zero-order valence-corrected chi connectivity index (χ0v) is 21.7. The molecule has 1 amide bonds. The minimum atomic E-state index is -2.02. The standard InChI is InChI=1S/C29H34NO4P/c1-4-29(2,3)27(31)33-21-22-34-28(32)30-20-23-35(24-14-8-5-9-15-24,25-16-10-6-11-17-25)26-18-12-7-13-19-26/h5-19H,4,20-23H2,1-3H3/p+1. The Hall–Kier alpha value is -3.17. The van der Waals surface area contributed by atoms with Crippen LogP contribution in [0.2, 0.25) is 0 Å². The number of esters is 1. The molecule has 184 valence electrons. The van der Waals surface area contributed by atoms with Crippen LogP contribution in [-0.4, -0.2) is 38.0 Å². The number of amides is 1. The summed E-state index contributed by atoms with van der Waals surface area (Å²) >= 11 is 0. The first-order valence-electron chi connectivity index (χ1n) is 12.0. The van der Waals surface area contributed by atoms with Crippen LogP contribution >= 0.6 is 7.26 Å². The molecule has 0 fully saturated rings. The Balaban J connectivity index is 1.70. The molecule has 35 heavy (non-hydrogen) atoms. The van der Waals surface area contributed by atoms with Gasteiger partial charge in [0.1, 0.15) is 36.4 Å². The van der Waals surface area contributed by atoms with Crippen LogP contribution in [0.4, 0.5) is 4.79 Å². The number of alkyl carbamates (subject to hydrolysis) is 1. The second-order valence-electron chi connectivity index (χ2n) is 8.98. The molecular formula is C29H35NO4P+. The smallest absolute Gasteiger partial charge is 0.407 e. The molecule has 0 aliphatic carbocycles. The molecule has 0 atom stereocenters. The quantitative estimate of drug-likeness (QED) is 0.240. The van der Waals surface area contributed by atoms with Gasteiger partial charge < -0.3 is 14.8 Å². The lowest BCUT2D eigenvalue weighted by Crippen LogP contribution is -2.38. The van der Waals surface area contributed by atoms with Crippen LogP contribution in [0, 0.1) is 5.41 Å². The summed E-state index contributed by atoms with van der Waals surface area (Å²) in [6.45, 7) is 6.13. The van der Waals surface area contributed by atoms with Crippen molar-refractivity contribution >= 4 is 35.2 Å². The van der Waals surface area contributed by atoms with E-state index in [-0.39, 0.29) is 19.2 Å². The van der Waals surface area contributed by atoms with Gasteiger partial charge in [0.2, 0.25) is 0 Å². The average molecular weight is 493 g/mol. The molecule has 0 heterocycles. The number of carbonyl (C=O) groups is 2. The summed E-state index contributed by atoms with van der Waals surface area (Å²) in [5, 5.41) is 6.69. The monoisotopic (exact) mass is 492 g/mol. The fraction of sp³-hybridized carbons (Fsp3) is 0.310. The van der Waals surface area contributed by atoms with Crippen LogP contribution in [-0.2, 0) is 14.3 Å². The number of carbonyl (C=O) groups excluding carboxylic acids is 2. The van der Waals surface area contributed by atoms with Gasteiger partial charge >= 0.3 is 12.1 Å². The zero-order valence-electron chi connectivity index (χ0n) is 20.8. The molecule has 5 nitrogen and oxygen atoms in total. The summed E-state index contributed by atoms with van der Waals surface area (Å²) in [7, 11) is -2.02. The van der Waals surface area contributed by atoms with E-state index in [1.165, 1.54) is 15.9 Å². The van der Waals surface area contributed by atoms with Crippen LogP contribution in [0.3, 0.4) is 0 Å². The van der Waals surface area contributed by atoms with Crippen molar-refractivity contribution in [3.05, 3.63) is 91.0 Å². The first kappa shape index (κ1) is 26.4. The van der Waals surface area contributed by atoms with E-state index in [1.807, 2.05) is 39.0 Å². The fourth-order valence-corrected chi connectivity index (χ4v) is 8.03. The van der Waals surface area contributed by atoms with Crippen molar-refractivity contribution in [1.29, 1.82) is 0 Å². The van der Waals surface area contributed by atoms with Gasteiger partial charge in [0.15, 0.2) is 0 Å². The normalized spacial score (nSPS) is 11.5. The molecule has 1 N–H and O–H groups in total. The van der Waals surface area contributed by atoms with Crippen LogP contribution in [0.15, 0.2) is 91.0 Å². The Morgan fingerprint density at radius 3 is 1.60 bits per heavy atom. The van der Waals surface area contributed by atoms with Gasteiger partial charge in [-0.05, 0) is 56.7 Å². The predicted molar refractivity (Wildman–Crippen MR) is 144 cm³/mol. The first-order valence-corrected chi connectivity index (χ1v) is 14.0. The molecule has 0 aliphatic rings. The Kier molecular flexibility index (Phi) is 9.45. The molecule has 0 saturated heterocycles. The van der Waals surface area contributed by atoms with E-state index in [2.05, 4.69) is 78.1 Å². The van der Waals surface area contributed by atoms with Gasteiger partial charge in [-0.2, -0.15) is 0 Å². The lowest BCUT2D eigenvalue weighted by Gasteiger charge is -2.27. The van der Waals surface area contributed by atoms with Gasteiger partial charge in [-0.15, -0.1) is 0 Å². The number of hydrogen-bond acceptors (Lipinski definition) is 4. The Morgan fingerprint density at radius 1 is 0.743 bits per heavy atom. The molecule has 6 heteroatoms. The Bertz CT molecular complexity index is 975. The Labute approximate surface area is 209 Å². The van der Waals surface area contributed by atoms with E-state index in [0.29, 0.717) is 13.0 Å². The topological polar surface area (TPSA) is 64.6 Å². The highest BCUT2D eigenvalue weighted by atomic mass is 31.2. The van der Waals surface area contributed by atoms with Crippen molar-refractivity contribution in [3.8, 4) is 0 Å². The molecule has 0 radical (unpaired) electrons. The van der Waals surface area contributed by atoms with Gasteiger partial charge in [-0.25, -0.2) is 4.79 Å². The molecule has 0 unspecified atom stereocenters. The summed E-state index contributed by atoms with van der Waals surface area (Å²) in [6.07, 6.45) is 0.922. The molecular weight excluding hydrogens is 457 g/mol. The van der Waals surface area contributed by atoms with Crippen molar-refractivity contribution < 1.29 is 19.1 Å².